The summed E-state index contributed by atoms with van der Waals surface area (Å²) in [6.07, 6.45) is 0. The molecule has 96 valence electrons. The zero-order chi connectivity index (χ0) is 12.7. The minimum absolute atomic E-state index is 0.256. The Morgan fingerprint density at radius 3 is 2.59 bits per heavy atom. The van der Waals surface area contributed by atoms with Gasteiger partial charge in [-0.05, 0) is 39.5 Å². The molecule has 0 heterocycles. The molecule has 0 amide bonds. The van der Waals surface area contributed by atoms with Crippen LogP contribution in [-0.2, 0) is 16.1 Å². The lowest BCUT2D eigenvalue weighted by atomic mass is 10.2. The molecule has 0 fully saturated rings. The minimum Gasteiger partial charge on any atom is -0.379 e. The van der Waals surface area contributed by atoms with Crippen molar-refractivity contribution >= 4 is 15.9 Å². The van der Waals surface area contributed by atoms with Crippen molar-refractivity contribution in [3.8, 4) is 0 Å². The van der Waals surface area contributed by atoms with E-state index in [9.17, 15) is 4.39 Å². The second-order valence-electron chi connectivity index (χ2n) is 4.27. The van der Waals surface area contributed by atoms with E-state index in [1.807, 2.05) is 0 Å². The van der Waals surface area contributed by atoms with Crippen molar-refractivity contribution in [2.75, 3.05) is 19.8 Å². The predicted molar refractivity (Wildman–Crippen MR) is 69.4 cm³/mol. The number of ether oxygens (including phenoxy) is 2. The molecule has 1 aromatic rings. The standard InChI is InChI=1S/C13H18BrFO2/c1-10(2)8-16-5-6-17-9-11-3-4-13(15)12(14)7-11/h3-4,7,10H,5-6,8-9H2,1-2H3. The summed E-state index contributed by atoms with van der Waals surface area (Å²) in [4.78, 5) is 0. The van der Waals surface area contributed by atoms with Gasteiger partial charge in [-0.15, -0.1) is 0 Å². The first-order valence-electron chi connectivity index (χ1n) is 5.69. The highest BCUT2D eigenvalue weighted by molar-refractivity contribution is 9.10. The molecule has 0 bridgehead atoms. The van der Waals surface area contributed by atoms with Gasteiger partial charge in [-0.2, -0.15) is 0 Å². The van der Waals surface area contributed by atoms with Gasteiger partial charge in [-0.25, -0.2) is 4.39 Å². The summed E-state index contributed by atoms with van der Waals surface area (Å²) in [6, 6.07) is 4.87. The van der Waals surface area contributed by atoms with E-state index in [2.05, 4.69) is 29.8 Å². The van der Waals surface area contributed by atoms with Crippen molar-refractivity contribution in [1.82, 2.24) is 0 Å². The van der Waals surface area contributed by atoms with E-state index in [-0.39, 0.29) is 5.82 Å². The van der Waals surface area contributed by atoms with Crippen LogP contribution in [0.15, 0.2) is 22.7 Å². The molecule has 0 saturated carbocycles. The second-order valence-corrected chi connectivity index (χ2v) is 5.12. The maximum Gasteiger partial charge on any atom is 0.137 e. The first-order valence-corrected chi connectivity index (χ1v) is 6.48. The van der Waals surface area contributed by atoms with E-state index in [1.165, 1.54) is 6.07 Å². The van der Waals surface area contributed by atoms with E-state index in [1.54, 1.807) is 12.1 Å². The summed E-state index contributed by atoms with van der Waals surface area (Å²) in [5.74, 6) is 0.289. The van der Waals surface area contributed by atoms with Gasteiger partial charge >= 0.3 is 0 Å². The average Bonchev–Trinajstić information content (AvgIpc) is 2.27. The van der Waals surface area contributed by atoms with Crippen molar-refractivity contribution in [2.45, 2.75) is 20.5 Å². The number of rotatable bonds is 7. The highest BCUT2D eigenvalue weighted by atomic mass is 79.9. The van der Waals surface area contributed by atoms with E-state index in [0.717, 1.165) is 12.2 Å². The molecule has 1 rings (SSSR count). The maximum absolute atomic E-state index is 13.0. The molecule has 0 spiro atoms. The maximum atomic E-state index is 13.0. The lowest BCUT2D eigenvalue weighted by Crippen LogP contribution is -2.08. The third-order valence-corrected chi connectivity index (χ3v) is 2.68. The fraction of sp³-hybridized carbons (Fsp3) is 0.538. The first kappa shape index (κ1) is 14.6. The largest absolute Gasteiger partial charge is 0.379 e. The highest BCUT2D eigenvalue weighted by Crippen LogP contribution is 2.17. The van der Waals surface area contributed by atoms with Crippen LogP contribution in [0.25, 0.3) is 0 Å². The molecule has 0 N–H and O–H groups in total. The Kier molecular flexibility index (Phi) is 6.70. The van der Waals surface area contributed by atoms with Crippen LogP contribution in [0, 0.1) is 11.7 Å². The first-order chi connectivity index (χ1) is 8.09. The van der Waals surface area contributed by atoms with Crippen LogP contribution in [0.2, 0.25) is 0 Å². The zero-order valence-corrected chi connectivity index (χ0v) is 11.8. The predicted octanol–water partition coefficient (Wildman–Crippen LogP) is 3.78. The number of hydrogen-bond donors (Lipinski definition) is 0. The molecule has 17 heavy (non-hydrogen) atoms. The van der Waals surface area contributed by atoms with Gasteiger partial charge in [0.25, 0.3) is 0 Å². The molecule has 0 aromatic heterocycles. The van der Waals surface area contributed by atoms with Crippen molar-refractivity contribution in [3.63, 3.8) is 0 Å². The van der Waals surface area contributed by atoms with Crippen LogP contribution in [0.4, 0.5) is 4.39 Å². The number of halogens is 2. The van der Waals surface area contributed by atoms with E-state index in [0.29, 0.717) is 30.2 Å². The SMILES string of the molecule is CC(C)COCCOCc1ccc(F)c(Br)c1. The topological polar surface area (TPSA) is 18.5 Å². The molecule has 0 radical (unpaired) electrons. The molecule has 0 aliphatic carbocycles. The second kappa shape index (κ2) is 7.80. The molecule has 2 nitrogen and oxygen atoms in total. The molecule has 0 saturated heterocycles. The normalized spacial score (nSPS) is 11.1. The van der Waals surface area contributed by atoms with Crippen molar-refractivity contribution in [1.29, 1.82) is 0 Å². The summed E-state index contributed by atoms with van der Waals surface area (Å²) in [5.41, 5.74) is 0.946. The molecular formula is C13H18BrFO2. The van der Waals surface area contributed by atoms with Gasteiger partial charge < -0.3 is 9.47 Å². The van der Waals surface area contributed by atoms with Gasteiger partial charge in [0.1, 0.15) is 5.82 Å². The average molecular weight is 305 g/mol. The fourth-order valence-corrected chi connectivity index (χ4v) is 1.68. The minimum atomic E-state index is -0.256. The smallest absolute Gasteiger partial charge is 0.137 e. The molecule has 1 aromatic carbocycles. The van der Waals surface area contributed by atoms with Crippen molar-refractivity contribution in [3.05, 3.63) is 34.1 Å². The Morgan fingerprint density at radius 2 is 1.94 bits per heavy atom. The summed E-state index contributed by atoms with van der Waals surface area (Å²) in [6.45, 7) is 6.60. The van der Waals surface area contributed by atoms with Crippen LogP contribution >= 0.6 is 15.9 Å². The van der Waals surface area contributed by atoms with Gasteiger partial charge in [0, 0.05) is 6.61 Å². The van der Waals surface area contributed by atoms with Gasteiger partial charge in [0.2, 0.25) is 0 Å². The monoisotopic (exact) mass is 304 g/mol. The third kappa shape index (κ3) is 6.15. The quantitative estimate of drug-likeness (QED) is 0.714. The van der Waals surface area contributed by atoms with Crippen LogP contribution in [-0.4, -0.2) is 19.8 Å². The third-order valence-electron chi connectivity index (χ3n) is 2.08. The Hall–Kier alpha value is -0.450. The van der Waals surface area contributed by atoms with E-state index >= 15 is 0 Å². The molecule has 4 heteroatoms. The Morgan fingerprint density at radius 1 is 1.24 bits per heavy atom. The number of benzene rings is 1. The van der Waals surface area contributed by atoms with Gasteiger partial charge in [-0.3, -0.25) is 0 Å². The van der Waals surface area contributed by atoms with Crippen LogP contribution in [0.5, 0.6) is 0 Å². The van der Waals surface area contributed by atoms with Crippen molar-refractivity contribution < 1.29 is 13.9 Å². The van der Waals surface area contributed by atoms with Crippen molar-refractivity contribution in [2.24, 2.45) is 5.92 Å². The Balaban J connectivity index is 2.16. The molecule has 0 atom stereocenters. The molecular weight excluding hydrogens is 287 g/mol. The van der Waals surface area contributed by atoms with E-state index in [4.69, 9.17) is 9.47 Å². The highest BCUT2D eigenvalue weighted by Gasteiger charge is 2.00. The lowest BCUT2D eigenvalue weighted by Gasteiger charge is -2.08. The fourth-order valence-electron chi connectivity index (χ4n) is 1.26. The number of hydrogen-bond acceptors (Lipinski definition) is 2. The summed E-state index contributed by atoms with van der Waals surface area (Å²) in [7, 11) is 0. The summed E-state index contributed by atoms with van der Waals surface area (Å²) in [5, 5.41) is 0. The van der Waals surface area contributed by atoms with E-state index < -0.39 is 0 Å². The summed E-state index contributed by atoms with van der Waals surface area (Å²) >= 11 is 3.14. The lowest BCUT2D eigenvalue weighted by molar-refractivity contribution is 0.0314. The van der Waals surface area contributed by atoms with Crippen LogP contribution < -0.4 is 0 Å². The van der Waals surface area contributed by atoms with Crippen LogP contribution in [0.3, 0.4) is 0 Å². The molecule has 0 unspecified atom stereocenters. The van der Waals surface area contributed by atoms with Gasteiger partial charge in [0.15, 0.2) is 0 Å². The van der Waals surface area contributed by atoms with Gasteiger partial charge in [-0.1, -0.05) is 19.9 Å². The molecule has 0 aliphatic heterocycles. The van der Waals surface area contributed by atoms with Crippen LogP contribution in [0.1, 0.15) is 19.4 Å². The Bertz CT molecular complexity index is 342. The van der Waals surface area contributed by atoms with Gasteiger partial charge in [0.05, 0.1) is 24.3 Å². The Labute approximate surface area is 110 Å². The zero-order valence-electron chi connectivity index (χ0n) is 10.2. The molecule has 0 aliphatic rings. The summed E-state index contributed by atoms with van der Waals surface area (Å²) < 4.78 is 24.2.